The van der Waals surface area contributed by atoms with E-state index in [0.29, 0.717) is 33.7 Å². The highest BCUT2D eigenvalue weighted by atomic mass is 19.1. The predicted octanol–water partition coefficient (Wildman–Crippen LogP) is 5.75. The van der Waals surface area contributed by atoms with Crippen LogP contribution >= 0.6 is 0 Å². The third kappa shape index (κ3) is 4.88. The first kappa shape index (κ1) is 21.2. The molecule has 1 amide bonds. The summed E-state index contributed by atoms with van der Waals surface area (Å²) in [6.45, 7) is 0. The molecule has 7 heteroatoms. The zero-order valence-electron chi connectivity index (χ0n) is 18.1. The van der Waals surface area contributed by atoms with Crippen LogP contribution in [0, 0.1) is 5.82 Å². The lowest BCUT2D eigenvalue weighted by Gasteiger charge is -2.10. The summed E-state index contributed by atoms with van der Waals surface area (Å²) in [5.74, 6) is -0.0555. The van der Waals surface area contributed by atoms with Gasteiger partial charge in [-0.2, -0.15) is 0 Å². The normalized spacial score (nSPS) is 10.7. The van der Waals surface area contributed by atoms with Gasteiger partial charge in [0.2, 0.25) is 0 Å². The number of nitrogens with zero attached hydrogens (tertiary/aromatic N) is 3. The molecule has 0 radical (unpaired) electrons. The first-order valence-corrected chi connectivity index (χ1v) is 10.7. The molecule has 5 rings (SSSR count). The molecule has 0 aliphatic heterocycles. The van der Waals surface area contributed by atoms with Gasteiger partial charge in [0.25, 0.3) is 5.91 Å². The molecular formula is C27H20FN5O. The summed E-state index contributed by atoms with van der Waals surface area (Å²) in [6.07, 6.45) is 7.50. The fourth-order valence-electron chi connectivity index (χ4n) is 3.61. The van der Waals surface area contributed by atoms with Crippen molar-refractivity contribution in [2.75, 3.05) is 10.6 Å². The minimum absolute atomic E-state index is 0.252. The summed E-state index contributed by atoms with van der Waals surface area (Å²) in [6, 6.07) is 21.3. The molecule has 2 aromatic carbocycles. The summed E-state index contributed by atoms with van der Waals surface area (Å²) in [5, 5.41) is 6.70. The lowest BCUT2D eigenvalue weighted by atomic mass is 10.1. The molecule has 0 aliphatic rings. The van der Waals surface area contributed by atoms with E-state index in [1.165, 1.54) is 23.9 Å². The Balaban J connectivity index is 1.24. The van der Waals surface area contributed by atoms with Gasteiger partial charge in [-0.15, -0.1) is 0 Å². The second-order valence-electron chi connectivity index (χ2n) is 7.76. The number of halogens is 1. The minimum atomic E-state index is -0.339. The molecular weight excluding hydrogens is 429 g/mol. The Labute approximate surface area is 195 Å². The van der Waals surface area contributed by atoms with Gasteiger partial charge in [-0.3, -0.25) is 14.8 Å². The number of benzene rings is 2. The molecule has 0 aliphatic carbocycles. The second kappa shape index (κ2) is 9.46. The maximum Gasteiger partial charge on any atom is 0.257 e. The molecule has 0 spiro atoms. The Hall–Kier alpha value is -4.65. The van der Waals surface area contributed by atoms with E-state index in [0.717, 1.165) is 12.0 Å². The molecule has 0 unspecified atom stereocenters. The van der Waals surface area contributed by atoms with Crippen molar-refractivity contribution in [3.63, 3.8) is 0 Å². The fraction of sp³-hybridized carbons (Fsp3) is 0.0370. The number of pyridine rings is 3. The van der Waals surface area contributed by atoms with Crippen molar-refractivity contribution in [3.8, 4) is 0 Å². The number of rotatable bonds is 6. The fourth-order valence-corrected chi connectivity index (χ4v) is 3.61. The van der Waals surface area contributed by atoms with E-state index in [2.05, 4.69) is 25.6 Å². The van der Waals surface area contributed by atoms with Gasteiger partial charge in [0.15, 0.2) is 0 Å². The van der Waals surface area contributed by atoms with Crippen LogP contribution in [0.15, 0.2) is 97.6 Å². The average molecular weight is 449 g/mol. The van der Waals surface area contributed by atoms with Crippen LogP contribution in [0.1, 0.15) is 21.5 Å². The zero-order valence-corrected chi connectivity index (χ0v) is 18.1. The zero-order chi connectivity index (χ0) is 23.3. The van der Waals surface area contributed by atoms with Crippen LogP contribution in [0.2, 0.25) is 0 Å². The highest BCUT2D eigenvalue weighted by Crippen LogP contribution is 2.25. The van der Waals surface area contributed by atoms with E-state index in [1.807, 2.05) is 36.4 Å². The first-order chi connectivity index (χ1) is 16.6. The first-order valence-electron chi connectivity index (χ1n) is 10.7. The lowest BCUT2D eigenvalue weighted by molar-refractivity contribution is 0.102. The number of amides is 1. The number of hydrogen-bond donors (Lipinski definition) is 2. The Kier molecular flexibility index (Phi) is 5.90. The van der Waals surface area contributed by atoms with Crippen LogP contribution in [-0.4, -0.2) is 20.9 Å². The quantitative estimate of drug-likeness (QED) is 0.345. The Morgan fingerprint density at radius 3 is 2.38 bits per heavy atom. The number of anilines is 3. The smallest absolute Gasteiger partial charge is 0.257 e. The highest BCUT2D eigenvalue weighted by molar-refractivity contribution is 6.04. The van der Waals surface area contributed by atoms with Crippen LogP contribution in [0.4, 0.5) is 21.6 Å². The van der Waals surface area contributed by atoms with E-state index in [1.54, 1.807) is 42.9 Å². The maximum absolute atomic E-state index is 13.7. The standard InChI is InChI=1S/C27H20FN5O/c28-21-4-7-24-23(16-21)25(11-14-30-24)33-26-8-3-20(17-31-26)27(34)32-22-5-1-18(2-6-22)15-19-9-12-29-13-10-19/h1-14,16-17H,15H2,(H,32,34)(H,30,31,33). The van der Waals surface area contributed by atoms with Crippen molar-refractivity contribution in [2.24, 2.45) is 0 Å². The van der Waals surface area contributed by atoms with Crippen LogP contribution in [0.5, 0.6) is 0 Å². The highest BCUT2D eigenvalue weighted by Gasteiger charge is 2.09. The van der Waals surface area contributed by atoms with Crippen molar-refractivity contribution in [3.05, 3.63) is 120 Å². The van der Waals surface area contributed by atoms with Gasteiger partial charge in [-0.1, -0.05) is 12.1 Å². The monoisotopic (exact) mass is 449 g/mol. The largest absolute Gasteiger partial charge is 0.340 e. The third-order valence-electron chi connectivity index (χ3n) is 5.36. The van der Waals surface area contributed by atoms with Crippen molar-refractivity contribution >= 4 is 34.0 Å². The van der Waals surface area contributed by atoms with Crippen molar-refractivity contribution in [1.29, 1.82) is 0 Å². The molecule has 2 N–H and O–H groups in total. The number of nitrogens with one attached hydrogen (secondary N) is 2. The summed E-state index contributed by atoms with van der Waals surface area (Å²) >= 11 is 0. The van der Waals surface area contributed by atoms with Gasteiger partial charge in [0, 0.05) is 35.9 Å². The van der Waals surface area contributed by atoms with E-state index in [4.69, 9.17) is 0 Å². The Bertz CT molecular complexity index is 1440. The van der Waals surface area contributed by atoms with Gasteiger partial charge >= 0.3 is 0 Å². The van der Waals surface area contributed by atoms with Crippen molar-refractivity contribution in [1.82, 2.24) is 15.0 Å². The van der Waals surface area contributed by atoms with Gasteiger partial charge in [0.05, 0.1) is 16.8 Å². The molecule has 34 heavy (non-hydrogen) atoms. The lowest BCUT2D eigenvalue weighted by Crippen LogP contribution is -2.12. The molecule has 3 aromatic heterocycles. The van der Waals surface area contributed by atoms with E-state index >= 15 is 0 Å². The van der Waals surface area contributed by atoms with E-state index in [-0.39, 0.29) is 11.7 Å². The molecule has 0 saturated heterocycles. The molecule has 166 valence electrons. The number of hydrogen-bond acceptors (Lipinski definition) is 5. The molecule has 0 atom stereocenters. The second-order valence-corrected chi connectivity index (χ2v) is 7.76. The van der Waals surface area contributed by atoms with Gasteiger partial charge in [-0.05, 0) is 78.2 Å². The van der Waals surface area contributed by atoms with Crippen LogP contribution in [-0.2, 0) is 6.42 Å². The van der Waals surface area contributed by atoms with Gasteiger partial charge in [-0.25, -0.2) is 9.37 Å². The number of aromatic nitrogens is 3. The van der Waals surface area contributed by atoms with Crippen molar-refractivity contribution in [2.45, 2.75) is 6.42 Å². The summed E-state index contributed by atoms with van der Waals surface area (Å²) in [4.78, 5) is 25.3. The van der Waals surface area contributed by atoms with Crippen LogP contribution in [0.25, 0.3) is 10.9 Å². The third-order valence-corrected chi connectivity index (χ3v) is 5.36. The summed E-state index contributed by atoms with van der Waals surface area (Å²) in [7, 11) is 0. The molecule has 0 saturated carbocycles. The maximum atomic E-state index is 13.7. The van der Waals surface area contributed by atoms with Crippen LogP contribution in [0.3, 0.4) is 0 Å². The van der Waals surface area contributed by atoms with E-state index in [9.17, 15) is 9.18 Å². The summed E-state index contributed by atoms with van der Waals surface area (Å²) < 4.78 is 13.7. The number of carbonyl (C=O) groups is 1. The Morgan fingerprint density at radius 2 is 1.62 bits per heavy atom. The van der Waals surface area contributed by atoms with Gasteiger partial charge in [0.1, 0.15) is 11.6 Å². The minimum Gasteiger partial charge on any atom is -0.340 e. The van der Waals surface area contributed by atoms with E-state index < -0.39 is 0 Å². The van der Waals surface area contributed by atoms with Gasteiger partial charge < -0.3 is 10.6 Å². The number of carbonyl (C=O) groups excluding carboxylic acids is 1. The predicted molar refractivity (Wildman–Crippen MR) is 131 cm³/mol. The Morgan fingerprint density at radius 1 is 0.824 bits per heavy atom. The molecule has 0 fully saturated rings. The molecule has 3 heterocycles. The summed E-state index contributed by atoms with van der Waals surface area (Å²) in [5.41, 5.74) is 4.81. The SMILES string of the molecule is O=C(Nc1ccc(Cc2ccncc2)cc1)c1ccc(Nc2ccnc3ccc(F)cc23)nc1. The van der Waals surface area contributed by atoms with Crippen molar-refractivity contribution < 1.29 is 9.18 Å². The average Bonchev–Trinajstić information content (AvgIpc) is 2.87. The molecule has 6 nitrogen and oxygen atoms in total. The van der Waals surface area contributed by atoms with Crippen LogP contribution < -0.4 is 10.6 Å². The topological polar surface area (TPSA) is 79.8 Å². The molecule has 5 aromatic rings. The number of fused-ring (bicyclic) bond motifs is 1. The molecule has 0 bridgehead atoms.